The molecule has 1 aromatic rings. The van der Waals surface area contributed by atoms with Crippen molar-refractivity contribution in [3.05, 3.63) is 35.8 Å². The fraction of sp³-hybridized carbons (Fsp3) is 0.647. The van der Waals surface area contributed by atoms with Gasteiger partial charge in [0.2, 0.25) is 0 Å². The van der Waals surface area contributed by atoms with Gasteiger partial charge in [0.1, 0.15) is 0 Å². The van der Waals surface area contributed by atoms with Crippen LogP contribution < -0.4 is 23.9 Å². The van der Waals surface area contributed by atoms with Gasteiger partial charge in [0, 0.05) is 17.6 Å². The molecule has 7 rings (SSSR count). The molecule has 6 atom stereocenters. The summed E-state index contributed by atoms with van der Waals surface area (Å²) >= 11 is 0. The fourth-order valence-corrected chi connectivity index (χ4v) is 5.40. The molecule has 110 valence electrons. The van der Waals surface area contributed by atoms with Crippen molar-refractivity contribution in [3.8, 4) is 0 Å². The minimum Gasteiger partial charge on any atom is -0.565 e. The maximum atomic E-state index is 5.13. The van der Waals surface area contributed by atoms with E-state index in [4.69, 9.17) is 5.43 Å². The van der Waals surface area contributed by atoms with Crippen molar-refractivity contribution in [2.24, 2.45) is 21.6 Å². The number of azo groups is 1. The zero-order valence-corrected chi connectivity index (χ0v) is 13.4. The van der Waals surface area contributed by atoms with E-state index in [2.05, 4.69) is 52.5 Å². The maximum absolute atomic E-state index is 5.13. The number of hydrogen-bond donors (Lipinski definition) is 0. The fourth-order valence-electron chi connectivity index (χ4n) is 5.40. The minimum absolute atomic E-state index is 0. The van der Waals surface area contributed by atoms with Crippen molar-refractivity contribution < 1.29 is 18.9 Å². The van der Waals surface area contributed by atoms with E-state index in [1.54, 1.807) is 0 Å². The van der Waals surface area contributed by atoms with Crippen molar-refractivity contribution in [2.75, 3.05) is 5.01 Å². The van der Waals surface area contributed by atoms with Gasteiger partial charge in [-0.05, 0) is 36.8 Å². The van der Waals surface area contributed by atoms with E-state index in [0.717, 1.165) is 0 Å². The van der Waals surface area contributed by atoms with Gasteiger partial charge in [0.05, 0.1) is 12.1 Å². The summed E-state index contributed by atoms with van der Waals surface area (Å²) in [7, 11) is 0. The number of nitrogens with zero attached hydrogens (tertiary/aromatic N) is 4. The van der Waals surface area contributed by atoms with Gasteiger partial charge in [0.25, 0.3) is 0 Å². The molecule has 0 N–H and O–H groups in total. The van der Waals surface area contributed by atoms with Gasteiger partial charge in [-0.25, -0.2) is 0 Å². The van der Waals surface area contributed by atoms with E-state index < -0.39 is 0 Å². The molecule has 4 bridgehead atoms. The van der Waals surface area contributed by atoms with Crippen molar-refractivity contribution in [1.29, 1.82) is 0 Å². The Hall–Kier alpha value is -0.823. The molecule has 6 unspecified atom stereocenters. The molecule has 5 heteroatoms. The molecule has 1 aromatic carbocycles. The second-order valence-electron chi connectivity index (χ2n) is 7.24. The number of para-hydroxylation sites is 1. The second-order valence-corrected chi connectivity index (χ2v) is 7.24. The van der Waals surface area contributed by atoms with Crippen LogP contribution in [0.15, 0.2) is 40.6 Å². The number of hydrogen-bond acceptors (Lipinski definition) is 3. The molecule has 22 heavy (non-hydrogen) atoms. The van der Waals surface area contributed by atoms with Gasteiger partial charge in [0.15, 0.2) is 0 Å². The minimum atomic E-state index is 0. The van der Waals surface area contributed by atoms with Crippen LogP contribution in [0, 0.1) is 11.3 Å². The Morgan fingerprint density at radius 3 is 2.64 bits per heavy atom. The largest absolute Gasteiger partial charge is 1.00 e. The molecular formula is C17H21LiN4. The second kappa shape index (κ2) is 5.09. The average Bonchev–Trinajstić information content (AvgIpc) is 2.57. The monoisotopic (exact) mass is 288 g/mol. The normalized spacial score (nSPS) is 44.6. The Kier molecular flexibility index (Phi) is 3.41. The molecule has 0 aromatic heterocycles. The molecule has 2 aliphatic carbocycles. The molecule has 2 saturated carbocycles. The third-order valence-electron chi connectivity index (χ3n) is 6.41. The van der Waals surface area contributed by atoms with E-state index in [1.165, 1.54) is 31.4 Å². The van der Waals surface area contributed by atoms with Crippen molar-refractivity contribution in [1.82, 2.24) is 0 Å². The molecule has 6 aliphatic rings. The first-order valence-corrected chi connectivity index (χ1v) is 8.23. The van der Waals surface area contributed by atoms with Crippen molar-refractivity contribution in [3.63, 3.8) is 0 Å². The van der Waals surface area contributed by atoms with Crippen LogP contribution >= 0.6 is 0 Å². The first kappa shape index (κ1) is 14.7. The van der Waals surface area contributed by atoms with Crippen LogP contribution in [0.2, 0.25) is 0 Å². The van der Waals surface area contributed by atoms with E-state index in [0.29, 0.717) is 30.1 Å². The summed E-state index contributed by atoms with van der Waals surface area (Å²) in [6, 6.07) is 12.4. The molecule has 4 heterocycles. The molecule has 4 fully saturated rings. The SMILES string of the molecule is CC12C3CCC(N=N3)C1C1CCC2[N-]N1c1ccccc1.[Li+]. The third-order valence-corrected chi connectivity index (χ3v) is 6.41. The van der Waals surface area contributed by atoms with Crippen LogP contribution in [0.4, 0.5) is 5.69 Å². The summed E-state index contributed by atoms with van der Waals surface area (Å²) in [5.41, 5.74) is 6.62. The van der Waals surface area contributed by atoms with Crippen LogP contribution in [0.3, 0.4) is 0 Å². The van der Waals surface area contributed by atoms with Gasteiger partial charge >= 0.3 is 18.9 Å². The van der Waals surface area contributed by atoms with Crippen LogP contribution in [0.5, 0.6) is 0 Å². The topological polar surface area (TPSA) is 42.1 Å². The number of benzene rings is 1. The maximum Gasteiger partial charge on any atom is 1.00 e. The van der Waals surface area contributed by atoms with E-state index >= 15 is 0 Å². The van der Waals surface area contributed by atoms with Gasteiger partial charge in [-0.3, -0.25) is 0 Å². The van der Waals surface area contributed by atoms with E-state index in [1.807, 2.05) is 0 Å². The van der Waals surface area contributed by atoms with Crippen molar-refractivity contribution in [2.45, 2.75) is 56.8 Å². The Balaban J connectivity index is 0.00000125. The van der Waals surface area contributed by atoms with Crippen LogP contribution in [0.1, 0.15) is 32.6 Å². The van der Waals surface area contributed by atoms with Gasteiger partial charge in [-0.2, -0.15) is 10.2 Å². The summed E-state index contributed by atoms with van der Waals surface area (Å²) in [6.45, 7) is 2.44. The third kappa shape index (κ3) is 1.75. The number of fused-ring (bicyclic) bond motifs is 3. The predicted octanol–water partition coefficient (Wildman–Crippen LogP) is 0.950. The number of anilines is 1. The zero-order valence-electron chi connectivity index (χ0n) is 13.4. The first-order chi connectivity index (χ1) is 10.3. The van der Waals surface area contributed by atoms with Crippen LogP contribution in [0.25, 0.3) is 5.43 Å². The summed E-state index contributed by atoms with van der Waals surface area (Å²) in [5.74, 6) is 0.630. The zero-order chi connectivity index (χ0) is 14.0. The van der Waals surface area contributed by atoms with Crippen LogP contribution in [-0.4, -0.2) is 24.2 Å². The molecule has 4 nitrogen and oxygen atoms in total. The smallest absolute Gasteiger partial charge is 0.565 e. The summed E-state index contributed by atoms with van der Waals surface area (Å²) in [5, 5.41) is 11.6. The Morgan fingerprint density at radius 2 is 1.91 bits per heavy atom. The number of rotatable bonds is 1. The molecule has 0 spiro atoms. The summed E-state index contributed by atoms with van der Waals surface area (Å²) in [4.78, 5) is 0. The summed E-state index contributed by atoms with van der Waals surface area (Å²) < 4.78 is 0. The molecular weight excluding hydrogens is 267 g/mol. The standard InChI is InChI=1S/C17H21N4.Li/c1-17-14-9-7-12(18-19-14)16(17)13-8-10-15(17)20-21(13)11-5-3-2-4-6-11;/h2-6,12-16H,7-10H2,1H3;/q-1;+1. The molecule has 0 radical (unpaired) electrons. The van der Waals surface area contributed by atoms with Crippen molar-refractivity contribution >= 4 is 5.69 Å². The average molecular weight is 288 g/mol. The van der Waals surface area contributed by atoms with Gasteiger partial charge < -0.3 is 10.4 Å². The molecule has 2 saturated heterocycles. The predicted molar refractivity (Wildman–Crippen MR) is 82.4 cm³/mol. The summed E-state index contributed by atoms with van der Waals surface area (Å²) in [6.07, 6.45) is 4.91. The van der Waals surface area contributed by atoms with E-state index in [9.17, 15) is 0 Å². The Labute approximate surface area is 143 Å². The molecule has 0 amide bonds. The Morgan fingerprint density at radius 1 is 1.09 bits per heavy atom. The van der Waals surface area contributed by atoms with Crippen LogP contribution in [-0.2, 0) is 0 Å². The van der Waals surface area contributed by atoms with E-state index in [-0.39, 0.29) is 24.3 Å². The Bertz CT molecular complexity index is 592. The van der Waals surface area contributed by atoms with Gasteiger partial charge in [-0.1, -0.05) is 31.5 Å². The first-order valence-electron chi connectivity index (χ1n) is 8.23. The molecule has 4 aliphatic heterocycles. The quantitative estimate of drug-likeness (QED) is 0.709. The van der Waals surface area contributed by atoms with Gasteiger partial charge in [-0.15, -0.1) is 6.04 Å².